The summed E-state index contributed by atoms with van der Waals surface area (Å²) in [6.07, 6.45) is 5.90. The number of hydrogen-bond acceptors (Lipinski definition) is 11. The van der Waals surface area contributed by atoms with Crippen LogP contribution >= 0.6 is 0 Å². The molecule has 14 nitrogen and oxygen atoms in total. The molecule has 2 amide bonds. The van der Waals surface area contributed by atoms with Crippen LogP contribution in [0.2, 0.25) is 0 Å². The Morgan fingerprint density at radius 3 is 2.53 bits per heavy atom. The quantitative estimate of drug-likeness (QED) is 0.0894. The second-order valence-electron chi connectivity index (χ2n) is 11.1. The summed E-state index contributed by atoms with van der Waals surface area (Å²) >= 11 is 0. The van der Waals surface area contributed by atoms with E-state index < -0.39 is 6.04 Å². The van der Waals surface area contributed by atoms with E-state index in [9.17, 15) is 9.59 Å². The molecule has 0 spiro atoms. The second-order valence-corrected chi connectivity index (χ2v) is 11.1. The molecular formula is C33H47N11O3. The van der Waals surface area contributed by atoms with Gasteiger partial charge in [0.15, 0.2) is 5.82 Å². The van der Waals surface area contributed by atoms with Gasteiger partial charge in [-0.3, -0.25) is 14.7 Å². The van der Waals surface area contributed by atoms with Crippen molar-refractivity contribution >= 4 is 40.9 Å². The summed E-state index contributed by atoms with van der Waals surface area (Å²) in [4.78, 5) is 38.9. The number of rotatable bonds is 20. The van der Waals surface area contributed by atoms with E-state index in [1.807, 2.05) is 50.4 Å². The van der Waals surface area contributed by atoms with Crippen molar-refractivity contribution in [1.29, 1.82) is 5.26 Å². The molecular weight excluding hydrogens is 598 g/mol. The van der Waals surface area contributed by atoms with Crippen molar-refractivity contribution < 1.29 is 14.3 Å². The molecule has 1 atom stereocenters. The largest absolute Gasteiger partial charge is 0.383 e. The predicted molar refractivity (Wildman–Crippen MR) is 184 cm³/mol. The minimum Gasteiger partial charge on any atom is -0.383 e. The fourth-order valence-electron chi connectivity index (χ4n) is 4.50. The summed E-state index contributed by atoms with van der Waals surface area (Å²) in [5.41, 5.74) is 2.57. The lowest BCUT2D eigenvalue weighted by Gasteiger charge is -2.27. The Hall–Kier alpha value is -5.00. The topological polar surface area (TPSA) is 176 Å². The maximum absolute atomic E-state index is 13.1. The third-order valence-corrected chi connectivity index (χ3v) is 7.15. The van der Waals surface area contributed by atoms with Crippen molar-refractivity contribution in [3.8, 4) is 6.07 Å². The third-order valence-electron chi connectivity index (χ3n) is 7.15. The Labute approximate surface area is 277 Å². The van der Waals surface area contributed by atoms with Gasteiger partial charge in [-0.2, -0.15) is 20.3 Å². The number of benzene rings is 1. The van der Waals surface area contributed by atoms with Crippen LogP contribution in [-0.2, 0) is 20.7 Å². The molecule has 14 heteroatoms. The van der Waals surface area contributed by atoms with Gasteiger partial charge in [0, 0.05) is 62.9 Å². The maximum Gasteiger partial charge on any atom is 0.247 e. The molecule has 0 bridgehead atoms. The Bertz CT molecular complexity index is 1480. The number of carbonyl (C=O) groups is 2. The molecule has 252 valence electrons. The van der Waals surface area contributed by atoms with E-state index in [0.29, 0.717) is 62.6 Å². The number of ether oxygens (including phenoxy) is 1. The van der Waals surface area contributed by atoms with Crippen LogP contribution in [0.25, 0.3) is 0 Å². The number of H-pyrrole nitrogens is 1. The number of carbonyl (C=O) groups excluding carboxylic acids is 2. The number of nitrogens with one attached hydrogen (secondary N) is 5. The van der Waals surface area contributed by atoms with Crippen molar-refractivity contribution in [1.82, 2.24) is 35.3 Å². The van der Waals surface area contributed by atoms with Gasteiger partial charge in [0.05, 0.1) is 19.1 Å². The average molecular weight is 646 g/mol. The number of anilines is 5. The van der Waals surface area contributed by atoms with Crippen molar-refractivity contribution in [3.63, 3.8) is 0 Å². The Balaban J connectivity index is 1.61. The van der Waals surface area contributed by atoms with Gasteiger partial charge in [0.1, 0.15) is 17.7 Å². The zero-order valence-electron chi connectivity index (χ0n) is 28.0. The number of aromatic nitrogens is 4. The number of nitrogens with zero attached hydrogens (tertiary/aromatic N) is 6. The van der Waals surface area contributed by atoms with Gasteiger partial charge >= 0.3 is 0 Å². The number of methoxy groups -OCH3 is 1. The number of amides is 2. The summed E-state index contributed by atoms with van der Waals surface area (Å²) in [6.45, 7) is 8.65. The lowest BCUT2D eigenvalue weighted by Crippen LogP contribution is -2.49. The molecule has 0 saturated heterocycles. The van der Waals surface area contributed by atoms with E-state index in [1.165, 1.54) is 11.0 Å². The molecule has 3 aromatic rings. The van der Waals surface area contributed by atoms with Crippen LogP contribution in [0.3, 0.4) is 0 Å². The highest BCUT2D eigenvalue weighted by Gasteiger charge is 2.24. The fourth-order valence-corrected chi connectivity index (χ4v) is 4.50. The highest BCUT2D eigenvalue weighted by Crippen LogP contribution is 2.21. The van der Waals surface area contributed by atoms with Gasteiger partial charge < -0.3 is 35.8 Å². The molecule has 5 N–H and O–H groups in total. The Morgan fingerprint density at radius 2 is 1.85 bits per heavy atom. The lowest BCUT2D eigenvalue weighted by atomic mass is 10.1. The molecule has 0 radical (unpaired) electrons. The molecule has 0 aliphatic carbocycles. The van der Waals surface area contributed by atoms with E-state index >= 15 is 0 Å². The number of hydrogen-bond donors (Lipinski definition) is 5. The summed E-state index contributed by atoms with van der Waals surface area (Å²) < 4.78 is 5.19. The minimum atomic E-state index is -0.692. The van der Waals surface area contributed by atoms with E-state index in [-0.39, 0.29) is 11.8 Å². The number of aromatic amines is 1. The molecule has 2 aromatic heterocycles. The molecule has 0 aliphatic heterocycles. The molecule has 0 fully saturated rings. The fraction of sp³-hybridized carbons (Fsp3) is 0.455. The summed E-state index contributed by atoms with van der Waals surface area (Å²) in [7, 11) is 3.58. The van der Waals surface area contributed by atoms with Crippen LogP contribution in [0.15, 0.2) is 48.6 Å². The van der Waals surface area contributed by atoms with Gasteiger partial charge in [-0.1, -0.05) is 31.6 Å². The Morgan fingerprint density at radius 1 is 1.09 bits per heavy atom. The van der Waals surface area contributed by atoms with Gasteiger partial charge in [0.25, 0.3) is 0 Å². The van der Waals surface area contributed by atoms with E-state index in [1.54, 1.807) is 20.1 Å². The van der Waals surface area contributed by atoms with E-state index in [2.05, 4.69) is 59.3 Å². The number of nitriles is 1. The zero-order valence-corrected chi connectivity index (χ0v) is 28.0. The van der Waals surface area contributed by atoms with Crippen molar-refractivity contribution in [2.45, 2.75) is 46.1 Å². The highest BCUT2D eigenvalue weighted by molar-refractivity contribution is 5.92. The molecule has 3 rings (SSSR count). The van der Waals surface area contributed by atoms with Crippen LogP contribution in [0.1, 0.15) is 37.9 Å². The van der Waals surface area contributed by atoms with Crippen LogP contribution in [0.4, 0.5) is 29.1 Å². The first kappa shape index (κ1) is 36.5. The van der Waals surface area contributed by atoms with Crippen molar-refractivity contribution in [3.05, 3.63) is 59.8 Å². The second kappa shape index (κ2) is 19.5. The van der Waals surface area contributed by atoms with Crippen LogP contribution in [-0.4, -0.2) is 101 Å². The smallest absolute Gasteiger partial charge is 0.247 e. The first-order valence-corrected chi connectivity index (χ1v) is 15.8. The van der Waals surface area contributed by atoms with Gasteiger partial charge in [-0.15, -0.1) is 0 Å². The molecule has 0 saturated carbocycles. The molecule has 0 unspecified atom stereocenters. The van der Waals surface area contributed by atoms with Crippen molar-refractivity contribution in [2.24, 2.45) is 0 Å². The number of unbranched alkanes of at least 4 members (excludes halogenated alkanes) is 1. The first-order valence-electron chi connectivity index (χ1n) is 15.8. The first-order chi connectivity index (χ1) is 22.7. The van der Waals surface area contributed by atoms with Crippen molar-refractivity contribution in [2.75, 3.05) is 69.4 Å². The maximum atomic E-state index is 13.1. The van der Waals surface area contributed by atoms with Gasteiger partial charge in [-0.25, -0.2) is 0 Å². The average Bonchev–Trinajstić information content (AvgIpc) is 3.46. The highest BCUT2D eigenvalue weighted by atomic mass is 16.5. The standard InChI is InChI=1S/C33H47N11O3/c1-6-7-18-43(4)19-8-9-31(45)44(20-21-47-5)25(3)32(46)36-17-16-35-28-23-29(38-30-22-24(2)41-42-30)40-33(39-28)37-27-12-10-26(11-13-27)14-15-34/h8-13,22-23,25H,6-7,14,16-21H2,1-5H3,(H,36,46)(H4,35,37,38,39,40,41,42)/b9-8+/t25-/m0/s1. The van der Waals surface area contributed by atoms with E-state index in [0.717, 1.165) is 36.3 Å². The molecule has 0 aliphatic rings. The van der Waals surface area contributed by atoms with Crippen LogP contribution in [0, 0.1) is 18.3 Å². The van der Waals surface area contributed by atoms with Gasteiger partial charge in [0.2, 0.25) is 17.8 Å². The summed E-state index contributed by atoms with van der Waals surface area (Å²) in [5, 5.41) is 28.6. The molecule has 1 aromatic carbocycles. The molecule has 2 heterocycles. The molecule has 47 heavy (non-hydrogen) atoms. The predicted octanol–water partition coefficient (Wildman–Crippen LogP) is 3.74. The number of aryl methyl sites for hydroxylation is 1. The SMILES string of the molecule is CCCCN(C)C/C=C/C(=O)N(CCOC)[C@@H](C)C(=O)NCCNc1cc(Nc2cc(C)[nH]n2)nc(Nc2ccc(CC#N)cc2)n1. The lowest BCUT2D eigenvalue weighted by molar-refractivity contribution is -0.137. The monoisotopic (exact) mass is 645 g/mol. The van der Waals surface area contributed by atoms with Gasteiger partial charge in [-0.05, 0) is 51.6 Å². The zero-order chi connectivity index (χ0) is 34.0. The summed E-state index contributed by atoms with van der Waals surface area (Å²) in [6, 6.07) is 12.5. The van der Waals surface area contributed by atoms with E-state index in [4.69, 9.17) is 10.00 Å². The third kappa shape index (κ3) is 12.7. The Kier molecular flexibility index (Phi) is 15.1. The van der Waals surface area contributed by atoms with Crippen LogP contribution in [0.5, 0.6) is 0 Å². The number of likely N-dealkylation sites (N-methyl/N-ethyl adjacent to an activating group) is 1. The minimum absolute atomic E-state index is 0.237. The normalized spacial score (nSPS) is 11.7. The summed E-state index contributed by atoms with van der Waals surface area (Å²) in [5.74, 6) is 1.46. The van der Waals surface area contributed by atoms with Crippen LogP contribution < -0.4 is 21.3 Å².